The number of thiocarbonyl (C=S) groups is 1. The highest BCUT2D eigenvalue weighted by Crippen LogP contribution is 2.39. The second kappa shape index (κ2) is 8.04. The maximum absolute atomic E-state index is 12.9. The third-order valence-electron chi connectivity index (χ3n) is 5.25. The molecule has 2 unspecified atom stereocenters. The molecule has 6 nitrogen and oxygen atoms in total. The number of hydrogen-bond donors (Lipinski definition) is 2. The standard InChI is InChI=1S/C21H19NO5S2/c23-16-7-2-1-6-15(16)17-9-8-14(27-17)11-18-19(24)22(21(28)29-18)13-5-3-4-12(10-13)20(25)26/h1-2,6-9,11-13,23H,3-5,10H2,(H,25,26). The maximum atomic E-state index is 12.9. The topological polar surface area (TPSA) is 91.0 Å². The molecule has 0 bridgehead atoms. The average Bonchev–Trinajstić information content (AvgIpc) is 3.27. The summed E-state index contributed by atoms with van der Waals surface area (Å²) < 4.78 is 6.23. The SMILES string of the molecule is O=C(O)C1CCCC(N2C(=O)C(=Cc3ccc(-c4ccccc4O)o3)SC2=S)C1. The minimum Gasteiger partial charge on any atom is -0.507 e. The molecule has 2 N–H and O–H groups in total. The quantitative estimate of drug-likeness (QED) is 0.546. The van der Waals surface area contributed by atoms with Crippen LogP contribution in [0.25, 0.3) is 17.4 Å². The van der Waals surface area contributed by atoms with Gasteiger partial charge in [-0.15, -0.1) is 0 Å². The van der Waals surface area contributed by atoms with E-state index in [2.05, 4.69) is 0 Å². The molecule has 4 rings (SSSR count). The molecule has 2 fully saturated rings. The molecule has 2 aliphatic rings. The van der Waals surface area contributed by atoms with E-state index in [-0.39, 0.29) is 17.7 Å². The molecule has 1 aromatic carbocycles. The Bertz CT molecular complexity index is 1010. The van der Waals surface area contributed by atoms with Gasteiger partial charge in [0.05, 0.1) is 16.4 Å². The summed E-state index contributed by atoms with van der Waals surface area (Å²) in [6.45, 7) is 0. The highest BCUT2D eigenvalue weighted by molar-refractivity contribution is 8.26. The number of phenols is 1. The zero-order valence-electron chi connectivity index (χ0n) is 15.4. The van der Waals surface area contributed by atoms with E-state index in [4.69, 9.17) is 16.6 Å². The largest absolute Gasteiger partial charge is 0.507 e. The number of carbonyl (C=O) groups excluding carboxylic acids is 1. The fourth-order valence-electron chi connectivity index (χ4n) is 3.80. The number of carboxylic acid groups (broad SMARTS) is 1. The van der Waals surface area contributed by atoms with Crippen molar-refractivity contribution in [2.45, 2.75) is 31.7 Å². The molecule has 29 heavy (non-hydrogen) atoms. The van der Waals surface area contributed by atoms with Crippen LogP contribution in [-0.4, -0.2) is 37.4 Å². The van der Waals surface area contributed by atoms with Gasteiger partial charge in [-0.3, -0.25) is 14.5 Å². The molecule has 2 heterocycles. The predicted molar refractivity (Wildman–Crippen MR) is 114 cm³/mol. The number of para-hydroxylation sites is 1. The molecule has 1 saturated heterocycles. The summed E-state index contributed by atoms with van der Waals surface area (Å²) in [5, 5.41) is 19.3. The van der Waals surface area contributed by atoms with Crippen molar-refractivity contribution in [1.29, 1.82) is 0 Å². The van der Waals surface area contributed by atoms with E-state index in [0.29, 0.717) is 39.2 Å². The van der Waals surface area contributed by atoms with E-state index in [1.165, 1.54) is 11.8 Å². The van der Waals surface area contributed by atoms with Gasteiger partial charge in [0, 0.05) is 12.1 Å². The van der Waals surface area contributed by atoms with Gasteiger partial charge in [0.2, 0.25) is 0 Å². The van der Waals surface area contributed by atoms with Crippen molar-refractivity contribution in [3.05, 3.63) is 47.1 Å². The Balaban J connectivity index is 1.54. The lowest BCUT2D eigenvalue weighted by Gasteiger charge is -2.32. The lowest BCUT2D eigenvalue weighted by atomic mass is 9.85. The number of aliphatic carboxylic acids is 1. The van der Waals surface area contributed by atoms with Gasteiger partial charge >= 0.3 is 5.97 Å². The van der Waals surface area contributed by atoms with Gasteiger partial charge in [-0.05, 0) is 43.5 Å². The summed E-state index contributed by atoms with van der Waals surface area (Å²) in [4.78, 5) is 26.3. The zero-order chi connectivity index (χ0) is 20.5. The van der Waals surface area contributed by atoms with Crippen molar-refractivity contribution in [3.8, 4) is 17.1 Å². The molecule has 150 valence electrons. The maximum Gasteiger partial charge on any atom is 0.306 e. The molecule has 2 atom stereocenters. The molecular formula is C21H19NO5S2. The van der Waals surface area contributed by atoms with Gasteiger partial charge in [-0.25, -0.2) is 0 Å². The van der Waals surface area contributed by atoms with Crippen LogP contribution in [0.1, 0.15) is 31.4 Å². The number of aromatic hydroxyl groups is 1. The molecule has 2 aromatic rings. The van der Waals surface area contributed by atoms with Crippen LogP contribution in [-0.2, 0) is 9.59 Å². The minimum absolute atomic E-state index is 0.116. The highest BCUT2D eigenvalue weighted by Gasteiger charge is 2.40. The van der Waals surface area contributed by atoms with Gasteiger partial charge in [0.1, 0.15) is 21.6 Å². The molecule has 1 aliphatic heterocycles. The van der Waals surface area contributed by atoms with Gasteiger partial charge in [-0.2, -0.15) is 0 Å². The molecule has 1 aromatic heterocycles. The summed E-state index contributed by atoms with van der Waals surface area (Å²) >= 11 is 6.61. The fraction of sp³-hybridized carbons (Fsp3) is 0.286. The summed E-state index contributed by atoms with van der Waals surface area (Å²) in [6, 6.07) is 10.1. The van der Waals surface area contributed by atoms with Crippen molar-refractivity contribution in [2.24, 2.45) is 5.92 Å². The van der Waals surface area contributed by atoms with Gasteiger partial charge in [0.15, 0.2) is 0 Å². The first-order valence-corrected chi connectivity index (χ1v) is 10.5. The number of rotatable bonds is 4. The summed E-state index contributed by atoms with van der Waals surface area (Å²) in [5.74, 6) is -0.365. The van der Waals surface area contributed by atoms with Crippen molar-refractivity contribution in [2.75, 3.05) is 0 Å². The summed E-state index contributed by atoms with van der Waals surface area (Å²) in [5.41, 5.74) is 0.571. The normalized spacial score (nSPS) is 23.7. The lowest BCUT2D eigenvalue weighted by molar-refractivity contribution is -0.144. The van der Waals surface area contributed by atoms with Crippen LogP contribution in [0.15, 0.2) is 45.7 Å². The number of amides is 1. The number of benzene rings is 1. The Labute approximate surface area is 177 Å². The highest BCUT2D eigenvalue weighted by atomic mass is 32.2. The van der Waals surface area contributed by atoms with Crippen LogP contribution in [0.2, 0.25) is 0 Å². The van der Waals surface area contributed by atoms with Crippen LogP contribution in [0.5, 0.6) is 5.75 Å². The van der Waals surface area contributed by atoms with Gasteiger partial charge < -0.3 is 14.6 Å². The van der Waals surface area contributed by atoms with Crippen molar-refractivity contribution >= 4 is 46.3 Å². The molecule has 0 radical (unpaired) electrons. The molecular weight excluding hydrogens is 410 g/mol. The minimum atomic E-state index is -0.817. The number of carbonyl (C=O) groups is 2. The number of hydrogen-bond acceptors (Lipinski definition) is 6. The van der Waals surface area contributed by atoms with E-state index in [0.717, 1.165) is 12.8 Å². The average molecular weight is 430 g/mol. The lowest BCUT2D eigenvalue weighted by Crippen LogP contribution is -2.42. The Hall–Kier alpha value is -2.58. The first-order valence-electron chi connectivity index (χ1n) is 9.32. The Kier molecular flexibility index (Phi) is 5.47. The predicted octanol–water partition coefficient (Wildman–Crippen LogP) is 4.50. The third kappa shape index (κ3) is 3.95. The first kappa shape index (κ1) is 19.7. The van der Waals surface area contributed by atoms with E-state index in [9.17, 15) is 19.8 Å². The van der Waals surface area contributed by atoms with Crippen molar-refractivity contribution < 1.29 is 24.2 Å². The van der Waals surface area contributed by atoms with Crippen LogP contribution in [0.4, 0.5) is 0 Å². The number of nitrogens with zero attached hydrogens (tertiary/aromatic N) is 1. The zero-order valence-corrected chi connectivity index (χ0v) is 17.0. The number of furan rings is 1. The Morgan fingerprint density at radius 3 is 2.79 bits per heavy atom. The molecule has 0 spiro atoms. The fourth-order valence-corrected chi connectivity index (χ4v) is 5.18. The number of thioether (sulfide) groups is 1. The van der Waals surface area contributed by atoms with Crippen LogP contribution < -0.4 is 0 Å². The van der Waals surface area contributed by atoms with Gasteiger partial charge in [0.25, 0.3) is 5.91 Å². The van der Waals surface area contributed by atoms with E-state index < -0.39 is 11.9 Å². The molecule has 1 aliphatic carbocycles. The smallest absolute Gasteiger partial charge is 0.306 e. The van der Waals surface area contributed by atoms with Crippen LogP contribution in [0, 0.1) is 5.92 Å². The second-order valence-electron chi connectivity index (χ2n) is 7.13. The van der Waals surface area contributed by atoms with E-state index in [1.807, 2.05) is 0 Å². The van der Waals surface area contributed by atoms with Crippen molar-refractivity contribution in [3.63, 3.8) is 0 Å². The van der Waals surface area contributed by atoms with Crippen LogP contribution in [0.3, 0.4) is 0 Å². The number of phenolic OH excluding ortho intramolecular Hbond substituents is 1. The first-order chi connectivity index (χ1) is 13.9. The third-order valence-corrected chi connectivity index (χ3v) is 6.58. The molecule has 8 heteroatoms. The summed E-state index contributed by atoms with van der Waals surface area (Å²) in [7, 11) is 0. The number of carboxylic acids is 1. The second-order valence-corrected chi connectivity index (χ2v) is 8.80. The van der Waals surface area contributed by atoms with E-state index >= 15 is 0 Å². The van der Waals surface area contributed by atoms with Crippen molar-refractivity contribution in [1.82, 2.24) is 4.90 Å². The Morgan fingerprint density at radius 1 is 1.24 bits per heavy atom. The van der Waals surface area contributed by atoms with Gasteiger partial charge in [-0.1, -0.05) is 42.5 Å². The summed E-state index contributed by atoms with van der Waals surface area (Å²) in [6.07, 6.45) is 4.22. The van der Waals surface area contributed by atoms with E-state index in [1.54, 1.807) is 47.4 Å². The van der Waals surface area contributed by atoms with Crippen LogP contribution >= 0.6 is 24.0 Å². The monoisotopic (exact) mass is 429 g/mol. The molecule has 1 saturated carbocycles. The Morgan fingerprint density at radius 2 is 2.03 bits per heavy atom. The molecule has 1 amide bonds.